The van der Waals surface area contributed by atoms with Crippen molar-refractivity contribution in [1.82, 2.24) is 0 Å². The van der Waals surface area contributed by atoms with E-state index in [0.29, 0.717) is 12.2 Å². The number of fused-ring (bicyclic) bond motifs is 1. The Hall–Kier alpha value is -2.27. The van der Waals surface area contributed by atoms with Gasteiger partial charge < -0.3 is 14.6 Å². The lowest BCUT2D eigenvalue weighted by molar-refractivity contribution is -0.116. The highest BCUT2D eigenvalue weighted by molar-refractivity contribution is 6.29. The number of carbonyl (C=O) groups is 2. The van der Waals surface area contributed by atoms with Crippen LogP contribution in [-0.4, -0.2) is 18.4 Å². The van der Waals surface area contributed by atoms with Crippen molar-refractivity contribution in [3.05, 3.63) is 46.9 Å². The van der Waals surface area contributed by atoms with Gasteiger partial charge in [0.1, 0.15) is 0 Å². The zero-order chi connectivity index (χ0) is 15.0. The number of nitrogens with zero attached hydrogens (tertiary/aromatic N) is 1. The number of anilines is 2. The lowest BCUT2D eigenvalue weighted by Gasteiger charge is -2.14. The summed E-state index contributed by atoms with van der Waals surface area (Å²) in [6.07, 6.45) is 0.783. The van der Waals surface area contributed by atoms with Crippen LogP contribution in [0.5, 0.6) is 0 Å². The van der Waals surface area contributed by atoms with Crippen molar-refractivity contribution in [1.29, 1.82) is 0 Å². The van der Waals surface area contributed by atoms with Gasteiger partial charge in [0.2, 0.25) is 5.91 Å². The van der Waals surface area contributed by atoms with Crippen LogP contribution < -0.4 is 10.2 Å². The van der Waals surface area contributed by atoms with Gasteiger partial charge in [-0.2, -0.15) is 0 Å². The molecule has 0 saturated heterocycles. The summed E-state index contributed by atoms with van der Waals surface area (Å²) >= 11 is 5.65. The minimum atomic E-state index is -0.358. The maximum absolute atomic E-state index is 12.0. The molecule has 0 spiro atoms. The third-order valence-corrected chi connectivity index (χ3v) is 3.61. The molecule has 0 aliphatic carbocycles. The number of amides is 2. The maximum Gasteiger partial charge on any atom is 0.291 e. The maximum atomic E-state index is 12.0. The van der Waals surface area contributed by atoms with E-state index in [4.69, 9.17) is 16.0 Å². The number of carbonyl (C=O) groups excluding carboxylic acids is 2. The SMILES string of the molecule is CC(=O)N1CCc2cc(NC(=O)c3ccc(Cl)o3)ccc21. The number of benzene rings is 1. The third kappa shape index (κ3) is 2.64. The van der Waals surface area contributed by atoms with E-state index >= 15 is 0 Å². The molecule has 5 nitrogen and oxygen atoms in total. The first-order chi connectivity index (χ1) is 10.0. The summed E-state index contributed by atoms with van der Waals surface area (Å²) in [4.78, 5) is 25.2. The average Bonchev–Trinajstić information content (AvgIpc) is 3.04. The fourth-order valence-electron chi connectivity index (χ4n) is 2.44. The molecule has 2 amide bonds. The Kier molecular flexibility index (Phi) is 3.43. The third-order valence-electron chi connectivity index (χ3n) is 3.41. The van der Waals surface area contributed by atoms with Crippen LogP contribution in [0.1, 0.15) is 23.0 Å². The largest absolute Gasteiger partial charge is 0.440 e. The second-order valence-corrected chi connectivity index (χ2v) is 5.19. The molecule has 0 unspecified atom stereocenters. The van der Waals surface area contributed by atoms with Gasteiger partial charge in [0.25, 0.3) is 5.91 Å². The molecule has 0 bridgehead atoms. The first kappa shape index (κ1) is 13.7. The van der Waals surface area contributed by atoms with E-state index in [1.165, 1.54) is 12.1 Å². The van der Waals surface area contributed by atoms with Crippen LogP contribution in [0.4, 0.5) is 11.4 Å². The average molecular weight is 305 g/mol. The highest BCUT2D eigenvalue weighted by atomic mass is 35.5. The van der Waals surface area contributed by atoms with Gasteiger partial charge in [0.15, 0.2) is 11.0 Å². The predicted octanol–water partition coefficient (Wildman–Crippen LogP) is 3.09. The molecule has 3 rings (SSSR count). The van der Waals surface area contributed by atoms with Crippen LogP contribution in [0.3, 0.4) is 0 Å². The number of halogens is 1. The molecule has 0 radical (unpaired) electrons. The van der Waals surface area contributed by atoms with Crippen LogP contribution in [0, 0.1) is 0 Å². The minimum absolute atomic E-state index is 0.0239. The monoisotopic (exact) mass is 304 g/mol. The second kappa shape index (κ2) is 5.26. The fraction of sp³-hybridized carbons (Fsp3) is 0.200. The molecule has 1 aliphatic rings. The van der Waals surface area contributed by atoms with E-state index in [2.05, 4.69) is 5.32 Å². The summed E-state index contributed by atoms with van der Waals surface area (Å²) in [5.74, 6) is -0.176. The van der Waals surface area contributed by atoms with Gasteiger partial charge in [-0.3, -0.25) is 9.59 Å². The molecule has 1 aliphatic heterocycles. The summed E-state index contributed by atoms with van der Waals surface area (Å²) in [5.41, 5.74) is 2.61. The summed E-state index contributed by atoms with van der Waals surface area (Å²) in [5, 5.41) is 2.92. The first-order valence-corrected chi connectivity index (χ1v) is 6.90. The molecule has 0 fully saturated rings. The van der Waals surface area contributed by atoms with E-state index in [-0.39, 0.29) is 22.8 Å². The van der Waals surface area contributed by atoms with Gasteiger partial charge in [-0.05, 0) is 53.9 Å². The Bertz CT molecular complexity index is 723. The van der Waals surface area contributed by atoms with Gasteiger partial charge in [0, 0.05) is 24.8 Å². The van der Waals surface area contributed by atoms with Crippen molar-refractivity contribution < 1.29 is 14.0 Å². The Labute approximate surface area is 126 Å². The van der Waals surface area contributed by atoms with Crippen molar-refractivity contribution in [2.75, 3.05) is 16.8 Å². The van der Waals surface area contributed by atoms with E-state index < -0.39 is 0 Å². The Morgan fingerprint density at radius 2 is 2.10 bits per heavy atom. The lowest BCUT2D eigenvalue weighted by atomic mass is 10.1. The Morgan fingerprint density at radius 1 is 1.29 bits per heavy atom. The molecule has 0 atom stereocenters. The van der Waals surface area contributed by atoms with Gasteiger partial charge in [-0.15, -0.1) is 0 Å². The number of furan rings is 1. The molecule has 2 heterocycles. The van der Waals surface area contributed by atoms with Crippen molar-refractivity contribution in [3.8, 4) is 0 Å². The summed E-state index contributed by atoms with van der Waals surface area (Å²) in [6, 6.07) is 8.52. The molecule has 1 aromatic carbocycles. The van der Waals surface area contributed by atoms with Crippen LogP contribution >= 0.6 is 11.6 Å². The number of nitrogens with one attached hydrogen (secondary N) is 1. The minimum Gasteiger partial charge on any atom is -0.440 e. The molecule has 108 valence electrons. The number of hydrogen-bond donors (Lipinski definition) is 1. The van der Waals surface area contributed by atoms with Crippen LogP contribution in [-0.2, 0) is 11.2 Å². The van der Waals surface area contributed by atoms with Crippen molar-refractivity contribution in [2.45, 2.75) is 13.3 Å². The zero-order valence-corrected chi connectivity index (χ0v) is 12.1. The second-order valence-electron chi connectivity index (χ2n) is 4.82. The van der Waals surface area contributed by atoms with Crippen molar-refractivity contribution in [2.24, 2.45) is 0 Å². The summed E-state index contributed by atoms with van der Waals surface area (Å²) in [6.45, 7) is 2.22. The molecule has 2 aromatic rings. The van der Waals surface area contributed by atoms with Crippen LogP contribution in [0.25, 0.3) is 0 Å². The quantitative estimate of drug-likeness (QED) is 0.927. The van der Waals surface area contributed by atoms with Crippen LogP contribution in [0.15, 0.2) is 34.7 Å². The smallest absolute Gasteiger partial charge is 0.291 e. The molecular formula is C15H13ClN2O3. The Balaban J connectivity index is 1.79. The summed E-state index contributed by atoms with van der Waals surface area (Å²) < 4.78 is 5.06. The summed E-state index contributed by atoms with van der Waals surface area (Å²) in [7, 11) is 0. The predicted molar refractivity (Wildman–Crippen MR) is 79.8 cm³/mol. The van der Waals surface area contributed by atoms with Gasteiger partial charge in [-0.25, -0.2) is 0 Å². The molecule has 1 aromatic heterocycles. The molecular weight excluding hydrogens is 292 g/mol. The van der Waals surface area contributed by atoms with Gasteiger partial charge in [0.05, 0.1) is 0 Å². The van der Waals surface area contributed by atoms with E-state index in [0.717, 1.165) is 17.7 Å². The fourth-order valence-corrected chi connectivity index (χ4v) is 2.58. The highest BCUT2D eigenvalue weighted by Gasteiger charge is 2.22. The molecule has 21 heavy (non-hydrogen) atoms. The molecule has 1 N–H and O–H groups in total. The van der Waals surface area contributed by atoms with Crippen LogP contribution in [0.2, 0.25) is 5.22 Å². The molecule has 0 saturated carbocycles. The first-order valence-electron chi connectivity index (χ1n) is 6.52. The topological polar surface area (TPSA) is 62.6 Å². The van der Waals surface area contributed by atoms with E-state index in [1.807, 2.05) is 12.1 Å². The van der Waals surface area contributed by atoms with Gasteiger partial charge in [-0.1, -0.05) is 0 Å². The van der Waals surface area contributed by atoms with E-state index in [1.54, 1.807) is 17.9 Å². The highest BCUT2D eigenvalue weighted by Crippen LogP contribution is 2.30. The lowest BCUT2D eigenvalue weighted by Crippen LogP contribution is -2.25. The van der Waals surface area contributed by atoms with Gasteiger partial charge >= 0.3 is 0 Å². The Morgan fingerprint density at radius 3 is 2.76 bits per heavy atom. The van der Waals surface area contributed by atoms with Crippen molar-refractivity contribution in [3.63, 3.8) is 0 Å². The standard InChI is InChI=1S/C15H13ClN2O3/c1-9(19)18-7-6-10-8-11(2-3-12(10)18)17-15(20)13-4-5-14(16)21-13/h2-5,8H,6-7H2,1H3,(H,17,20). The number of rotatable bonds is 2. The zero-order valence-electron chi connectivity index (χ0n) is 11.4. The number of hydrogen-bond acceptors (Lipinski definition) is 3. The normalized spacial score (nSPS) is 13.1. The molecule has 6 heteroatoms. The van der Waals surface area contributed by atoms with E-state index in [9.17, 15) is 9.59 Å². The van der Waals surface area contributed by atoms with Crippen molar-refractivity contribution >= 4 is 34.8 Å².